The molecule has 0 unspecified atom stereocenters. The van der Waals surface area contributed by atoms with Crippen LogP contribution in [0, 0.1) is 0 Å². The maximum atomic E-state index is 2.57. The van der Waals surface area contributed by atoms with Gasteiger partial charge in [0.15, 0.2) is 0 Å². The number of rotatable bonds is 2. The van der Waals surface area contributed by atoms with Crippen molar-refractivity contribution in [1.29, 1.82) is 0 Å². The number of hydrogen-bond donors (Lipinski definition) is 0. The van der Waals surface area contributed by atoms with Gasteiger partial charge in [-0.2, -0.15) is 0 Å². The van der Waals surface area contributed by atoms with Gasteiger partial charge in [-0.25, -0.2) is 0 Å². The lowest BCUT2D eigenvalue weighted by Crippen LogP contribution is -1.99. The molecule has 0 nitrogen and oxygen atoms in total. The van der Waals surface area contributed by atoms with Crippen LogP contribution >= 0.6 is 0 Å². The second-order valence-corrected chi connectivity index (χ2v) is 12.9. The molecule has 0 heteroatoms. The first-order valence-electron chi connectivity index (χ1n) is 16.8. The first kappa shape index (κ1) is 27.2. The summed E-state index contributed by atoms with van der Waals surface area (Å²) in [5.41, 5.74) is 17.6. The van der Waals surface area contributed by atoms with Crippen LogP contribution in [0.1, 0.15) is 60.8 Å². The topological polar surface area (TPSA) is 0 Å². The molecule has 44 heavy (non-hydrogen) atoms. The Morgan fingerprint density at radius 2 is 0.773 bits per heavy atom. The summed E-state index contributed by atoms with van der Waals surface area (Å²) in [7, 11) is 0. The molecule has 0 aliphatic heterocycles. The van der Waals surface area contributed by atoms with Gasteiger partial charge in [-0.1, -0.05) is 128 Å². The Hall–Kier alpha value is -4.42. The van der Waals surface area contributed by atoms with Crippen molar-refractivity contribution in [3.8, 4) is 44.5 Å². The fourth-order valence-corrected chi connectivity index (χ4v) is 7.98. The van der Waals surface area contributed by atoms with Gasteiger partial charge in [0, 0.05) is 0 Å². The molecule has 0 fully saturated rings. The van der Waals surface area contributed by atoms with Gasteiger partial charge in [0.1, 0.15) is 0 Å². The normalized spacial score (nSPS) is 14.8. The molecule has 0 aromatic heterocycles. The van der Waals surface area contributed by atoms with Gasteiger partial charge >= 0.3 is 0 Å². The predicted molar refractivity (Wildman–Crippen MR) is 188 cm³/mol. The van der Waals surface area contributed by atoms with E-state index in [-0.39, 0.29) is 0 Å². The standard InChI is InChI=1S/C44H40/c1-5-15-31(16-6-1)40-30-41(32-17-7-2-8-18-32)37-22-12-4-10-20-35-28-27-34(19-9-3-11-21-36(40)29-37)43-38-25-13-23-33-24-14-26-39(42(33)38)44(35)43/h1-2,5-8,13-18,23-30H,3-4,9-12,19-22H2. The lowest BCUT2D eigenvalue weighted by atomic mass is 9.87. The van der Waals surface area contributed by atoms with E-state index in [0.29, 0.717) is 0 Å². The molecule has 0 atom stereocenters. The SMILES string of the molecule is c1ccc(-c2cc(-c3ccccc3)c3cc2CCCCCc2ccc(c4c2-c2cccc5cccc-4c25)CCCCC3)cc1. The van der Waals surface area contributed by atoms with Crippen LogP contribution in [0.4, 0.5) is 0 Å². The molecular weight excluding hydrogens is 528 g/mol. The molecular formula is C44H40. The highest BCUT2D eigenvalue weighted by Gasteiger charge is 2.26. The summed E-state index contributed by atoms with van der Waals surface area (Å²) < 4.78 is 0. The molecule has 6 aromatic carbocycles. The second kappa shape index (κ2) is 11.9. The van der Waals surface area contributed by atoms with Crippen LogP contribution in [0.25, 0.3) is 55.3 Å². The minimum absolute atomic E-state index is 1.13. The van der Waals surface area contributed by atoms with E-state index in [1.807, 2.05) is 0 Å². The molecule has 0 amide bonds. The van der Waals surface area contributed by atoms with E-state index in [4.69, 9.17) is 0 Å². The van der Waals surface area contributed by atoms with Gasteiger partial charge in [0.2, 0.25) is 0 Å². The lowest BCUT2D eigenvalue weighted by molar-refractivity contribution is 0.676. The van der Waals surface area contributed by atoms with Crippen molar-refractivity contribution in [2.45, 2.75) is 64.2 Å². The highest BCUT2D eigenvalue weighted by atomic mass is 14.3. The number of aryl methyl sites for hydroxylation is 4. The van der Waals surface area contributed by atoms with E-state index in [0.717, 1.165) is 25.7 Å². The van der Waals surface area contributed by atoms with E-state index >= 15 is 0 Å². The summed E-state index contributed by atoms with van der Waals surface area (Å²) in [4.78, 5) is 0. The third-order valence-electron chi connectivity index (χ3n) is 10.1. The van der Waals surface area contributed by atoms with E-state index in [2.05, 4.69) is 121 Å². The largest absolute Gasteiger partial charge is 0.0622 e. The number of hydrogen-bond acceptors (Lipinski definition) is 0. The summed E-state index contributed by atoms with van der Waals surface area (Å²) >= 11 is 0. The zero-order valence-electron chi connectivity index (χ0n) is 25.6. The van der Waals surface area contributed by atoms with Crippen molar-refractivity contribution in [2.75, 3.05) is 0 Å². The van der Waals surface area contributed by atoms with Crippen LogP contribution in [0.2, 0.25) is 0 Å². The highest BCUT2D eigenvalue weighted by molar-refractivity contribution is 6.16. The van der Waals surface area contributed by atoms with Gasteiger partial charge in [-0.05, 0) is 135 Å². The molecule has 0 heterocycles. The molecule has 4 bridgehead atoms. The summed E-state index contributed by atoms with van der Waals surface area (Å²) in [6, 6.07) is 46.0. The molecule has 6 aromatic rings. The Kier molecular flexibility index (Phi) is 7.36. The molecule has 9 rings (SSSR count). The fraction of sp³-hybridized carbons (Fsp3) is 0.227. The van der Waals surface area contributed by atoms with Crippen LogP contribution in [0.15, 0.2) is 121 Å². The number of benzene rings is 6. The van der Waals surface area contributed by atoms with Crippen LogP contribution < -0.4 is 0 Å². The summed E-state index contributed by atoms with van der Waals surface area (Å²) in [5, 5.41) is 2.84. The molecule has 0 N–H and O–H groups in total. The summed E-state index contributed by atoms with van der Waals surface area (Å²) in [6.45, 7) is 0. The molecule has 0 saturated carbocycles. The summed E-state index contributed by atoms with van der Waals surface area (Å²) in [5.74, 6) is 0. The Balaban J connectivity index is 1.16. The van der Waals surface area contributed by atoms with Gasteiger partial charge in [-0.3, -0.25) is 0 Å². The van der Waals surface area contributed by atoms with Gasteiger partial charge < -0.3 is 0 Å². The van der Waals surface area contributed by atoms with E-state index < -0.39 is 0 Å². The van der Waals surface area contributed by atoms with E-state index in [1.54, 1.807) is 0 Å². The summed E-state index contributed by atoms with van der Waals surface area (Å²) in [6.07, 6.45) is 12.0. The van der Waals surface area contributed by atoms with Crippen molar-refractivity contribution in [3.05, 3.63) is 144 Å². The monoisotopic (exact) mass is 568 g/mol. The third-order valence-corrected chi connectivity index (χ3v) is 10.1. The minimum Gasteiger partial charge on any atom is -0.0622 e. The molecule has 3 aliphatic rings. The molecule has 3 aliphatic carbocycles. The van der Waals surface area contributed by atoms with Crippen molar-refractivity contribution in [3.63, 3.8) is 0 Å². The van der Waals surface area contributed by atoms with E-state index in [1.165, 1.54) is 116 Å². The maximum Gasteiger partial charge on any atom is -0.00262 e. The quantitative estimate of drug-likeness (QED) is 0.195. The number of fused-ring (bicyclic) bond motifs is 9. The first-order chi connectivity index (χ1) is 21.8. The smallest absolute Gasteiger partial charge is 0.00262 e. The van der Waals surface area contributed by atoms with Crippen LogP contribution in [0.5, 0.6) is 0 Å². The Morgan fingerprint density at radius 1 is 0.318 bits per heavy atom. The zero-order valence-corrected chi connectivity index (χ0v) is 25.6. The molecule has 0 spiro atoms. The lowest BCUT2D eigenvalue weighted by Gasteiger charge is -2.18. The van der Waals surface area contributed by atoms with Crippen LogP contribution in [-0.2, 0) is 25.7 Å². The van der Waals surface area contributed by atoms with Gasteiger partial charge in [-0.15, -0.1) is 0 Å². The fourth-order valence-electron chi connectivity index (χ4n) is 7.98. The Labute approximate surface area is 262 Å². The van der Waals surface area contributed by atoms with Gasteiger partial charge in [0.05, 0.1) is 0 Å². The second-order valence-electron chi connectivity index (χ2n) is 12.9. The maximum absolute atomic E-state index is 2.57. The average molecular weight is 569 g/mol. The third kappa shape index (κ3) is 4.97. The average Bonchev–Trinajstić information content (AvgIpc) is 3.42. The highest BCUT2D eigenvalue weighted by Crippen LogP contribution is 2.50. The van der Waals surface area contributed by atoms with Crippen molar-refractivity contribution in [2.24, 2.45) is 0 Å². The van der Waals surface area contributed by atoms with Crippen LogP contribution in [0.3, 0.4) is 0 Å². The van der Waals surface area contributed by atoms with Crippen molar-refractivity contribution >= 4 is 10.8 Å². The van der Waals surface area contributed by atoms with E-state index in [9.17, 15) is 0 Å². The van der Waals surface area contributed by atoms with Gasteiger partial charge in [0.25, 0.3) is 0 Å². The molecule has 0 radical (unpaired) electrons. The predicted octanol–water partition coefficient (Wildman–Crippen LogP) is 12.0. The first-order valence-corrected chi connectivity index (χ1v) is 16.8. The molecule has 0 saturated heterocycles. The Morgan fingerprint density at radius 3 is 1.25 bits per heavy atom. The Bertz CT molecular complexity index is 1810. The zero-order chi connectivity index (χ0) is 29.3. The van der Waals surface area contributed by atoms with Crippen molar-refractivity contribution < 1.29 is 0 Å². The minimum atomic E-state index is 1.13. The van der Waals surface area contributed by atoms with Crippen molar-refractivity contribution in [1.82, 2.24) is 0 Å². The molecule has 216 valence electrons. The van der Waals surface area contributed by atoms with Crippen LogP contribution in [-0.4, -0.2) is 0 Å².